The van der Waals surface area contributed by atoms with Crippen LogP contribution in [-0.4, -0.2) is 15.2 Å². The lowest BCUT2D eigenvalue weighted by Crippen LogP contribution is -2.10. The van der Waals surface area contributed by atoms with Crippen molar-refractivity contribution in [3.05, 3.63) is 29.2 Å². The molecule has 7 heteroatoms. The summed E-state index contributed by atoms with van der Waals surface area (Å²) in [5.74, 6) is 0. The maximum atomic E-state index is 12.5. The second-order valence-corrected chi connectivity index (χ2v) is 3.09. The van der Waals surface area contributed by atoms with Gasteiger partial charge in [-0.2, -0.15) is 13.2 Å². The van der Waals surface area contributed by atoms with E-state index in [0.717, 1.165) is 0 Å². The molecule has 0 atom stereocenters. The standard InChI is InChI=1S/C8H3ClF3N3/c9-7-5-4(2-1-3-13-5)6(14-15-7)8(10,11)12/h1-3H. The van der Waals surface area contributed by atoms with Crippen molar-refractivity contribution in [2.45, 2.75) is 6.18 Å². The number of hydrogen-bond acceptors (Lipinski definition) is 3. The quantitative estimate of drug-likeness (QED) is 0.702. The summed E-state index contributed by atoms with van der Waals surface area (Å²) in [5.41, 5.74) is -1.07. The number of rotatable bonds is 0. The lowest BCUT2D eigenvalue weighted by molar-refractivity contribution is -0.140. The summed E-state index contributed by atoms with van der Waals surface area (Å²) in [6.07, 6.45) is -3.21. The lowest BCUT2D eigenvalue weighted by Gasteiger charge is -2.07. The molecule has 78 valence electrons. The third-order valence-corrected chi connectivity index (χ3v) is 2.02. The van der Waals surface area contributed by atoms with Crippen LogP contribution in [0.5, 0.6) is 0 Å². The van der Waals surface area contributed by atoms with E-state index in [1.54, 1.807) is 0 Å². The Morgan fingerprint density at radius 1 is 1.20 bits per heavy atom. The number of aromatic nitrogens is 3. The molecular weight excluding hydrogens is 231 g/mol. The Morgan fingerprint density at radius 2 is 1.93 bits per heavy atom. The first-order valence-electron chi connectivity index (χ1n) is 3.84. The second-order valence-electron chi connectivity index (χ2n) is 2.74. The van der Waals surface area contributed by atoms with Crippen molar-refractivity contribution in [1.29, 1.82) is 0 Å². The molecule has 2 rings (SSSR count). The van der Waals surface area contributed by atoms with Gasteiger partial charge < -0.3 is 0 Å². The van der Waals surface area contributed by atoms with Gasteiger partial charge in [0, 0.05) is 11.6 Å². The van der Waals surface area contributed by atoms with Gasteiger partial charge in [-0.1, -0.05) is 11.6 Å². The van der Waals surface area contributed by atoms with Crippen molar-refractivity contribution in [3.8, 4) is 0 Å². The van der Waals surface area contributed by atoms with E-state index < -0.39 is 11.9 Å². The van der Waals surface area contributed by atoms with E-state index in [-0.39, 0.29) is 16.1 Å². The van der Waals surface area contributed by atoms with Crippen LogP contribution in [0.3, 0.4) is 0 Å². The highest BCUT2D eigenvalue weighted by molar-refractivity contribution is 6.33. The number of pyridine rings is 1. The lowest BCUT2D eigenvalue weighted by atomic mass is 10.2. The van der Waals surface area contributed by atoms with Crippen LogP contribution in [-0.2, 0) is 6.18 Å². The molecule has 0 aliphatic rings. The average Bonchev–Trinajstić information content (AvgIpc) is 2.17. The van der Waals surface area contributed by atoms with Gasteiger partial charge in [-0.25, -0.2) is 0 Å². The molecule has 3 nitrogen and oxygen atoms in total. The minimum absolute atomic E-state index is 0.00138. The first-order valence-corrected chi connectivity index (χ1v) is 4.22. The Labute approximate surface area is 86.9 Å². The summed E-state index contributed by atoms with van der Waals surface area (Å²) in [4.78, 5) is 3.72. The first kappa shape index (κ1) is 10.1. The van der Waals surface area contributed by atoms with E-state index in [4.69, 9.17) is 11.6 Å². The Morgan fingerprint density at radius 3 is 2.60 bits per heavy atom. The molecule has 0 N–H and O–H groups in total. The molecule has 0 aliphatic carbocycles. The van der Waals surface area contributed by atoms with Crippen LogP contribution in [0.4, 0.5) is 13.2 Å². The SMILES string of the molecule is FC(F)(F)c1nnc(Cl)c2ncccc12. The van der Waals surface area contributed by atoms with Gasteiger partial charge in [0.15, 0.2) is 10.8 Å². The van der Waals surface area contributed by atoms with Gasteiger partial charge in [0.1, 0.15) is 5.52 Å². The van der Waals surface area contributed by atoms with Crippen LogP contribution in [0, 0.1) is 0 Å². The molecule has 2 aromatic rings. The Hall–Kier alpha value is -1.43. The molecule has 0 aromatic carbocycles. The summed E-state index contributed by atoms with van der Waals surface area (Å²) in [7, 11) is 0. The molecule has 0 radical (unpaired) electrons. The molecule has 0 unspecified atom stereocenters. The second kappa shape index (κ2) is 3.30. The largest absolute Gasteiger partial charge is 0.435 e. The molecule has 0 bridgehead atoms. The molecular formula is C8H3ClF3N3. The van der Waals surface area contributed by atoms with Crippen LogP contribution >= 0.6 is 11.6 Å². The molecule has 0 amide bonds. The van der Waals surface area contributed by atoms with Crippen LogP contribution in [0.1, 0.15) is 5.69 Å². The summed E-state index contributed by atoms with van der Waals surface area (Å²) >= 11 is 5.58. The van der Waals surface area contributed by atoms with Gasteiger partial charge in [0.05, 0.1) is 0 Å². The predicted molar refractivity (Wildman–Crippen MR) is 47.3 cm³/mol. The van der Waals surface area contributed by atoms with Crippen LogP contribution < -0.4 is 0 Å². The third kappa shape index (κ3) is 1.72. The number of halogens is 4. The molecule has 0 saturated heterocycles. The summed E-state index contributed by atoms with van der Waals surface area (Å²) in [6.45, 7) is 0. The van der Waals surface area contributed by atoms with Gasteiger partial charge in [-0.3, -0.25) is 4.98 Å². The highest BCUT2D eigenvalue weighted by atomic mass is 35.5. The van der Waals surface area contributed by atoms with E-state index in [2.05, 4.69) is 15.2 Å². The minimum Gasteiger partial charge on any atom is -0.253 e. The summed E-state index contributed by atoms with van der Waals surface area (Å²) in [5, 5.41) is 5.95. The molecule has 0 fully saturated rings. The molecule has 0 saturated carbocycles. The van der Waals surface area contributed by atoms with Gasteiger partial charge in [0.25, 0.3) is 0 Å². The van der Waals surface area contributed by atoms with Gasteiger partial charge in [-0.15, -0.1) is 10.2 Å². The van der Waals surface area contributed by atoms with Crippen molar-refractivity contribution in [1.82, 2.24) is 15.2 Å². The minimum atomic E-state index is -4.56. The van der Waals surface area contributed by atoms with E-state index in [1.807, 2.05) is 0 Å². The number of alkyl halides is 3. The Kier molecular flexibility index (Phi) is 2.22. The number of hydrogen-bond donors (Lipinski definition) is 0. The van der Waals surface area contributed by atoms with Crippen LogP contribution in [0.25, 0.3) is 10.9 Å². The first-order chi connectivity index (χ1) is 7.00. The zero-order chi connectivity index (χ0) is 11.1. The van der Waals surface area contributed by atoms with Crippen molar-refractivity contribution < 1.29 is 13.2 Å². The third-order valence-electron chi connectivity index (χ3n) is 1.76. The molecule has 15 heavy (non-hydrogen) atoms. The van der Waals surface area contributed by atoms with Crippen molar-refractivity contribution in [2.24, 2.45) is 0 Å². The van der Waals surface area contributed by atoms with E-state index in [9.17, 15) is 13.2 Å². The van der Waals surface area contributed by atoms with Crippen molar-refractivity contribution >= 4 is 22.5 Å². The molecule has 0 spiro atoms. The van der Waals surface area contributed by atoms with Crippen molar-refractivity contribution in [3.63, 3.8) is 0 Å². The summed E-state index contributed by atoms with van der Waals surface area (Å²) in [6, 6.07) is 2.64. The summed E-state index contributed by atoms with van der Waals surface area (Å²) < 4.78 is 37.4. The molecule has 0 aliphatic heterocycles. The maximum absolute atomic E-state index is 12.5. The van der Waals surface area contributed by atoms with Crippen LogP contribution in [0.2, 0.25) is 5.15 Å². The number of nitrogens with zero attached hydrogens (tertiary/aromatic N) is 3. The van der Waals surface area contributed by atoms with Gasteiger partial charge in [0.2, 0.25) is 0 Å². The average molecular weight is 234 g/mol. The molecule has 2 aromatic heterocycles. The Bertz CT molecular complexity index is 512. The maximum Gasteiger partial charge on any atom is 0.435 e. The Balaban J connectivity index is 2.84. The topological polar surface area (TPSA) is 38.7 Å². The molecule has 2 heterocycles. The zero-order valence-corrected chi connectivity index (χ0v) is 7.84. The van der Waals surface area contributed by atoms with Gasteiger partial charge >= 0.3 is 6.18 Å². The smallest absolute Gasteiger partial charge is 0.253 e. The zero-order valence-electron chi connectivity index (χ0n) is 7.09. The van der Waals surface area contributed by atoms with Crippen LogP contribution in [0.15, 0.2) is 18.3 Å². The fourth-order valence-electron chi connectivity index (χ4n) is 1.17. The predicted octanol–water partition coefficient (Wildman–Crippen LogP) is 2.70. The van der Waals surface area contributed by atoms with Gasteiger partial charge in [-0.05, 0) is 12.1 Å². The highest BCUT2D eigenvalue weighted by Crippen LogP contribution is 2.33. The number of fused-ring (bicyclic) bond motifs is 1. The van der Waals surface area contributed by atoms with E-state index in [0.29, 0.717) is 0 Å². The fraction of sp³-hybridized carbons (Fsp3) is 0.125. The van der Waals surface area contributed by atoms with E-state index in [1.165, 1.54) is 18.3 Å². The fourth-order valence-corrected chi connectivity index (χ4v) is 1.35. The monoisotopic (exact) mass is 233 g/mol. The normalized spacial score (nSPS) is 12.0. The van der Waals surface area contributed by atoms with E-state index >= 15 is 0 Å². The van der Waals surface area contributed by atoms with Crippen molar-refractivity contribution in [2.75, 3.05) is 0 Å². The highest BCUT2D eigenvalue weighted by Gasteiger charge is 2.35.